The number of piperidine rings is 1. The molecule has 110 valence electrons. The second kappa shape index (κ2) is 6.30. The highest BCUT2D eigenvalue weighted by Crippen LogP contribution is 2.38. The maximum atomic E-state index is 12.7. The molecule has 0 unspecified atom stereocenters. The van der Waals surface area contributed by atoms with Crippen LogP contribution in [0.5, 0.6) is 0 Å². The van der Waals surface area contributed by atoms with E-state index in [1.54, 1.807) is 0 Å². The van der Waals surface area contributed by atoms with Gasteiger partial charge in [0.2, 0.25) is 0 Å². The van der Waals surface area contributed by atoms with E-state index >= 15 is 0 Å². The first-order valence-electron chi connectivity index (χ1n) is 7.57. The Kier molecular flexibility index (Phi) is 4.90. The zero-order valence-electron chi connectivity index (χ0n) is 12.7. The van der Waals surface area contributed by atoms with E-state index < -0.39 is 0 Å². The molecule has 0 saturated carbocycles. The molecule has 2 rings (SSSR count). The molecule has 1 heterocycles. The molecule has 1 fully saturated rings. The maximum absolute atomic E-state index is 12.7. The SMILES string of the molecule is CCC1(CC)CCN(C(=O)c2cc(Br)ccc2C)CC1. The number of hydrogen-bond acceptors (Lipinski definition) is 1. The fourth-order valence-electron chi connectivity index (χ4n) is 3.14. The van der Waals surface area contributed by atoms with Crippen LogP contribution in [0.3, 0.4) is 0 Å². The molecule has 0 spiro atoms. The van der Waals surface area contributed by atoms with Crippen LogP contribution in [0.15, 0.2) is 22.7 Å². The zero-order valence-corrected chi connectivity index (χ0v) is 14.3. The van der Waals surface area contributed by atoms with Gasteiger partial charge in [0.1, 0.15) is 0 Å². The molecule has 0 N–H and O–H groups in total. The topological polar surface area (TPSA) is 20.3 Å². The van der Waals surface area contributed by atoms with Gasteiger partial charge in [0.25, 0.3) is 5.91 Å². The van der Waals surface area contributed by atoms with Crippen molar-refractivity contribution in [3.05, 3.63) is 33.8 Å². The summed E-state index contributed by atoms with van der Waals surface area (Å²) in [6, 6.07) is 5.93. The molecule has 1 aliphatic rings. The first-order chi connectivity index (χ1) is 9.51. The van der Waals surface area contributed by atoms with Crippen LogP contribution in [0.4, 0.5) is 0 Å². The number of aryl methyl sites for hydroxylation is 1. The number of halogens is 1. The molecule has 1 aliphatic heterocycles. The van der Waals surface area contributed by atoms with Gasteiger partial charge in [-0.3, -0.25) is 4.79 Å². The van der Waals surface area contributed by atoms with E-state index in [1.807, 2.05) is 30.0 Å². The molecule has 1 saturated heterocycles. The van der Waals surface area contributed by atoms with Crippen molar-refractivity contribution in [1.29, 1.82) is 0 Å². The molecule has 1 aromatic carbocycles. The van der Waals surface area contributed by atoms with Crippen LogP contribution in [-0.2, 0) is 0 Å². The fourth-order valence-corrected chi connectivity index (χ4v) is 3.50. The lowest BCUT2D eigenvalue weighted by Crippen LogP contribution is -2.43. The number of carbonyl (C=O) groups is 1. The Hall–Kier alpha value is -0.830. The molecule has 1 aromatic rings. The van der Waals surface area contributed by atoms with Gasteiger partial charge >= 0.3 is 0 Å². The van der Waals surface area contributed by atoms with E-state index in [0.717, 1.165) is 41.5 Å². The van der Waals surface area contributed by atoms with Gasteiger partial charge in [0.15, 0.2) is 0 Å². The second-order valence-corrected chi connectivity index (χ2v) is 6.87. The highest BCUT2D eigenvalue weighted by atomic mass is 79.9. The third kappa shape index (κ3) is 3.08. The van der Waals surface area contributed by atoms with Gasteiger partial charge in [0, 0.05) is 23.1 Å². The minimum Gasteiger partial charge on any atom is -0.339 e. The zero-order chi connectivity index (χ0) is 14.8. The Morgan fingerprint density at radius 3 is 2.40 bits per heavy atom. The number of amides is 1. The van der Waals surface area contributed by atoms with Crippen LogP contribution in [0.2, 0.25) is 0 Å². The number of rotatable bonds is 3. The molecular formula is C17H24BrNO. The van der Waals surface area contributed by atoms with Crippen LogP contribution < -0.4 is 0 Å². The summed E-state index contributed by atoms with van der Waals surface area (Å²) in [7, 11) is 0. The highest BCUT2D eigenvalue weighted by molar-refractivity contribution is 9.10. The van der Waals surface area contributed by atoms with E-state index in [0.29, 0.717) is 5.41 Å². The average molecular weight is 338 g/mol. The minimum atomic E-state index is 0.185. The van der Waals surface area contributed by atoms with Gasteiger partial charge in [-0.15, -0.1) is 0 Å². The summed E-state index contributed by atoms with van der Waals surface area (Å²) >= 11 is 3.46. The van der Waals surface area contributed by atoms with Crippen molar-refractivity contribution in [3.63, 3.8) is 0 Å². The van der Waals surface area contributed by atoms with Crippen LogP contribution >= 0.6 is 15.9 Å². The smallest absolute Gasteiger partial charge is 0.254 e. The second-order valence-electron chi connectivity index (χ2n) is 5.96. The summed E-state index contributed by atoms with van der Waals surface area (Å²) in [5, 5.41) is 0. The number of likely N-dealkylation sites (tertiary alicyclic amines) is 1. The number of hydrogen-bond donors (Lipinski definition) is 0. The molecule has 20 heavy (non-hydrogen) atoms. The van der Waals surface area contributed by atoms with Gasteiger partial charge in [-0.25, -0.2) is 0 Å². The van der Waals surface area contributed by atoms with E-state index in [1.165, 1.54) is 12.8 Å². The Balaban J connectivity index is 2.10. The van der Waals surface area contributed by atoms with Gasteiger partial charge < -0.3 is 4.90 Å². The van der Waals surface area contributed by atoms with Crippen molar-refractivity contribution in [3.8, 4) is 0 Å². The molecule has 2 nitrogen and oxygen atoms in total. The molecular weight excluding hydrogens is 314 g/mol. The van der Waals surface area contributed by atoms with Gasteiger partial charge in [-0.1, -0.05) is 48.7 Å². The quantitative estimate of drug-likeness (QED) is 0.775. The van der Waals surface area contributed by atoms with Crippen molar-refractivity contribution in [2.45, 2.75) is 46.5 Å². The molecule has 1 amide bonds. The summed E-state index contributed by atoms with van der Waals surface area (Å²) in [5.74, 6) is 0.185. The third-order valence-corrected chi connectivity index (χ3v) is 5.53. The molecule has 0 radical (unpaired) electrons. The Labute approximate surface area is 130 Å². The largest absolute Gasteiger partial charge is 0.339 e. The van der Waals surface area contributed by atoms with Gasteiger partial charge in [0.05, 0.1) is 0 Å². The normalized spacial score (nSPS) is 18.1. The van der Waals surface area contributed by atoms with E-state index in [4.69, 9.17) is 0 Å². The minimum absolute atomic E-state index is 0.185. The first kappa shape index (κ1) is 15.6. The molecule has 0 aliphatic carbocycles. The summed E-state index contributed by atoms with van der Waals surface area (Å²) in [6.07, 6.45) is 4.72. The summed E-state index contributed by atoms with van der Waals surface area (Å²) < 4.78 is 0.972. The van der Waals surface area contributed by atoms with Crippen LogP contribution in [0.25, 0.3) is 0 Å². The predicted octanol–water partition coefficient (Wildman–Crippen LogP) is 4.80. The molecule has 0 atom stereocenters. The lowest BCUT2D eigenvalue weighted by atomic mass is 9.74. The number of benzene rings is 1. The standard InChI is InChI=1S/C17H24BrNO/c1-4-17(5-2)8-10-19(11-9-17)16(20)15-12-14(18)7-6-13(15)3/h6-7,12H,4-5,8-11H2,1-3H3. The van der Waals surface area contributed by atoms with Crippen molar-refractivity contribution in [1.82, 2.24) is 4.90 Å². The maximum Gasteiger partial charge on any atom is 0.254 e. The summed E-state index contributed by atoms with van der Waals surface area (Å²) in [5.41, 5.74) is 2.35. The molecule has 0 aromatic heterocycles. The summed E-state index contributed by atoms with van der Waals surface area (Å²) in [6.45, 7) is 8.35. The van der Waals surface area contributed by atoms with Crippen LogP contribution in [-0.4, -0.2) is 23.9 Å². The number of carbonyl (C=O) groups excluding carboxylic acids is 1. The van der Waals surface area contributed by atoms with E-state index in [2.05, 4.69) is 29.8 Å². The van der Waals surface area contributed by atoms with Gasteiger partial charge in [-0.05, 0) is 42.9 Å². The lowest BCUT2D eigenvalue weighted by Gasteiger charge is -2.41. The van der Waals surface area contributed by atoms with E-state index in [-0.39, 0.29) is 5.91 Å². The van der Waals surface area contributed by atoms with Gasteiger partial charge in [-0.2, -0.15) is 0 Å². The predicted molar refractivity (Wildman–Crippen MR) is 87.0 cm³/mol. The Bertz CT molecular complexity index is 484. The summed E-state index contributed by atoms with van der Waals surface area (Å²) in [4.78, 5) is 14.7. The lowest BCUT2D eigenvalue weighted by molar-refractivity contribution is 0.0557. The number of nitrogens with zero attached hydrogens (tertiary/aromatic N) is 1. The van der Waals surface area contributed by atoms with Crippen molar-refractivity contribution < 1.29 is 4.79 Å². The van der Waals surface area contributed by atoms with Crippen LogP contribution in [0.1, 0.15) is 55.5 Å². The first-order valence-corrected chi connectivity index (χ1v) is 8.36. The van der Waals surface area contributed by atoms with E-state index in [9.17, 15) is 4.79 Å². The van der Waals surface area contributed by atoms with Crippen molar-refractivity contribution in [2.75, 3.05) is 13.1 Å². The Morgan fingerprint density at radius 2 is 1.85 bits per heavy atom. The molecule has 3 heteroatoms. The van der Waals surface area contributed by atoms with Crippen LogP contribution in [0, 0.1) is 12.3 Å². The van der Waals surface area contributed by atoms with Crippen molar-refractivity contribution >= 4 is 21.8 Å². The average Bonchev–Trinajstić information content (AvgIpc) is 2.49. The fraction of sp³-hybridized carbons (Fsp3) is 0.588. The molecule has 0 bridgehead atoms. The highest BCUT2D eigenvalue weighted by Gasteiger charge is 2.33. The van der Waals surface area contributed by atoms with Crippen molar-refractivity contribution in [2.24, 2.45) is 5.41 Å². The third-order valence-electron chi connectivity index (χ3n) is 5.04. The monoisotopic (exact) mass is 337 g/mol. The Morgan fingerprint density at radius 1 is 1.25 bits per heavy atom.